The van der Waals surface area contributed by atoms with Gasteiger partial charge in [-0.05, 0) is 42.1 Å². The summed E-state index contributed by atoms with van der Waals surface area (Å²) in [5.41, 5.74) is 2.53. The van der Waals surface area contributed by atoms with Crippen molar-refractivity contribution in [3.8, 4) is 0 Å². The number of amides is 1. The molecule has 0 aliphatic carbocycles. The van der Waals surface area contributed by atoms with Crippen LogP contribution in [0.15, 0.2) is 41.8 Å². The second-order valence-electron chi connectivity index (χ2n) is 4.52. The van der Waals surface area contributed by atoms with Gasteiger partial charge in [-0.25, -0.2) is 4.79 Å². The first-order chi connectivity index (χ1) is 10.1. The first kappa shape index (κ1) is 15.0. The SMILES string of the molecule is Cc1ccc(C(=O)NCc2sccc2/C=C/C(=O)O)cc1. The Kier molecular flexibility index (Phi) is 4.90. The van der Waals surface area contributed by atoms with Crippen molar-refractivity contribution >= 4 is 29.3 Å². The van der Waals surface area contributed by atoms with E-state index in [0.29, 0.717) is 12.1 Å². The van der Waals surface area contributed by atoms with Gasteiger partial charge in [0.2, 0.25) is 0 Å². The zero-order valence-electron chi connectivity index (χ0n) is 11.5. The van der Waals surface area contributed by atoms with E-state index in [1.807, 2.05) is 30.5 Å². The lowest BCUT2D eigenvalue weighted by Gasteiger charge is -2.05. The van der Waals surface area contributed by atoms with Gasteiger partial charge in [0.1, 0.15) is 0 Å². The number of hydrogen-bond acceptors (Lipinski definition) is 3. The number of carboxylic acid groups (broad SMARTS) is 1. The lowest BCUT2D eigenvalue weighted by atomic mass is 10.1. The number of nitrogens with one attached hydrogen (secondary N) is 1. The molecule has 2 aromatic rings. The Balaban J connectivity index is 2.00. The molecule has 4 nitrogen and oxygen atoms in total. The largest absolute Gasteiger partial charge is 0.478 e. The van der Waals surface area contributed by atoms with E-state index in [0.717, 1.165) is 22.1 Å². The highest BCUT2D eigenvalue weighted by Crippen LogP contribution is 2.18. The number of rotatable bonds is 5. The van der Waals surface area contributed by atoms with Gasteiger partial charge in [-0.3, -0.25) is 4.79 Å². The summed E-state index contributed by atoms with van der Waals surface area (Å²) in [6, 6.07) is 9.17. The molecule has 21 heavy (non-hydrogen) atoms. The van der Waals surface area contributed by atoms with Gasteiger partial charge >= 0.3 is 5.97 Å². The maximum Gasteiger partial charge on any atom is 0.328 e. The first-order valence-corrected chi connectivity index (χ1v) is 7.26. The topological polar surface area (TPSA) is 66.4 Å². The standard InChI is InChI=1S/C16H15NO3S/c1-11-2-4-13(5-3-11)16(20)17-10-14-12(8-9-21-14)6-7-15(18)19/h2-9H,10H2,1H3,(H,17,20)(H,18,19)/b7-6+. The Bertz CT molecular complexity index is 671. The van der Waals surface area contributed by atoms with Crippen LogP contribution in [-0.4, -0.2) is 17.0 Å². The molecule has 0 fully saturated rings. The van der Waals surface area contributed by atoms with Crippen LogP contribution in [0.1, 0.15) is 26.4 Å². The fourth-order valence-corrected chi connectivity index (χ4v) is 2.58. The molecule has 1 aromatic carbocycles. The molecule has 0 saturated heterocycles. The second kappa shape index (κ2) is 6.85. The van der Waals surface area contributed by atoms with Crippen LogP contribution in [0.3, 0.4) is 0 Å². The lowest BCUT2D eigenvalue weighted by molar-refractivity contribution is -0.131. The first-order valence-electron chi connectivity index (χ1n) is 6.38. The molecule has 2 rings (SSSR count). The van der Waals surface area contributed by atoms with Gasteiger partial charge in [0.25, 0.3) is 5.91 Å². The van der Waals surface area contributed by atoms with E-state index < -0.39 is 5.97 Å². The highest BCUT2D eigenvalue weighted by Gasteiger charge is 2.07. The van der Waals surface area contributed by atoms with Gasteiger partial charge in [0.05, 0.1) is 6.54 Å². The predicted molar refractivity (Wildman–Crippen MR) is 83.3 cm³/mol. The van der Waals surface area contributed by atoms with Crippen LogP contribution in [0.2, 0.25) is 0 Å². The minimum absolute atomic E-state index is 0.142. The maximum atomic E-state index is 12.0. The van der Waals surface area contributed by atoms with Gasteiger partial charge in [-0.2, -0.15) is 0 Å². The van der Waals surface area contributed by atoms with Crippen molar-refractivity contribution in [1.29, 1.82) is 0 Å². The molecule has 2 N–H and O–H groups in total. The third-order valence-corrected chi connectivity index (χ3v) is 3.85. The number of carboxylic acids is 1. The molecule has 5 heteroatoms. The van der Waals surface area contributed by atoms with Gasteiger partial charge in [-0.15, -0.1) is 11.3 Å². The molecule has 0 atom stereocenters. The van der Waals surface area contributed by atoms with Gasteiger partial charge in [0.15, 0.2) is 0 Å². The van der Waals surface area contributed by atoms with Crippen LogP contribution < -0.4 is 5.32 Å². The fourth-order valence-electron chi connectivity index (χ4n) is 1.77. The van der Waals surface area contributed by atoms with Crippen LogP contribution in [0.4, 0.5) is 0 Å². The number of aliphatic carboxylic acids is 1. The molecule has 0 bridgehead atoms. The number of hydrogen-bond donors (Lipinski definition) is 2. The average Bonchev–Trinajstić information content (AvgIpc) is 2.90. The summed E-state index contributed by atoms with van der Waals surface area (Å²) in [4.78, 5) is 23.5. The zero-order chi connectivity index (χ0) is 15.2. The Labute approximate surface area is 126 Å². The maximum absolute atomic E-state index is 12.0. The third-order valence-electron chi connectivity index (χ3n) is 2.91. The molecular formula is C16H15NO3S. The molecule has 0 aliphatic heterocycles. The van der Waals surface area contributed by atoms with E-state index in [4.69, 9.17) is 5.11 Å². The molecule has 0 saturated carbocycles. The summed E-state index contributed by atoms with van der Waals surface area (Å²) in [5.74, 6) is -1.13. The average molecular weight is 301 g/mol. The molecule has 108 valence electrons. The molecule has 0 aliphatic rings. The minimum atomic E-state index is -0.990. The molecule has 1 heterocycles. The van der Waals surface area contributed by atoms with Crippen molar-refractivity contribution in [3.63, 3.8) is 0 Å². The van der Waals surface area contributed by atoms with E-state index >= 15 is 0 Å². The van der Waals surface area contributed by atoms with E-state index in [-0.39, 0.29) is 5.91 Å². The predicted octanol–water partition coefficient (Wildman–Crippen LogP) is 3.08. The van der Waals surface area contributed by atoms with E-state index in [1.165, 1.54) is 17.4 Å². The summed E-state index contributed by atoms with van der Waals surface area (Å²) < 4.78 is 0. The van der Waals surface area contributed by atoms with Crippen LogP contribution in [0, 0.1) is 6.92 Å². The van der Waals surface area contributed by atoms with Gasteiger partial charge < -0.3 is 10.4 Å². The van der Waals surface area contributed by atoms with Crippen LogP contribution in [-0.2, 0) is 11.3 Å². The Morgan fingerprint density at radius 1 is 1.24 bits per heavy atom. The monoisotopic (exact) mass is 301 g/mol. The fraction of sp³-hybridized carbons (Fsp3) is 0.125. The summed E-state index contributed by atoms with van der Waals surface area (Å²) >= 11 is 1.48. The van der Waals surface area contributed by atoms with Crippen molar-refractivity contribution in [2.24, 2.45) is 0 Å². The summed E-state index contributed by atoms with van der Waals surface area (Å²) in [6.45, 7) is 2.35. The number of carbonyl (C=O) groups is 2. The minimum Gasteiger partial charge on any atom is -0.478 e. The molecular weight excluding hydrogens is 286 g/mol. The number of aryl methyl sites for hydroxylation is 1. The summed E-state index contributed by atoms with van der Waals surface area (Å²) in [5, 5.41) is 13.3. The highest BCUT2D eigenvalue weighted by atomic mass is 32.1. The zero-order valence-corrected chi connectivity index (χ0v) is 12.3. The Morgan fingerprint density at radius 2 is 1.95 bits per heavy atom. The Hall–Kier alpha value is -2.40. The van der Waals surface area contributed by atoms with Crippen molar-refractivity contribution in [3.05, 3.63) is 63.4 Å². The van der Waals surface area contributed by atoms with Gasteiger partial charge in [0, 0.05) is 16.5 Å². The normalized spacial score (nSPS) is 10.7. The highest BCUT2D eigenvalue weighted by molar-refractivity contribution is 7.10. The molecule has 1 amide bonds. The van der Waals surface area contributed by atoms with E-state index in [9.17, 15) is 9.59 Å². The molecule has 0 radical (unpaired) electrons. The summed E-state index contributed by atoms with van der Waals surface area (Å²) in [7, 11) is 0. The van der Waals surface area contributed by atoms with E-state index in [2.05, 4.69) is 5.32 Å². The second-order valence-corrected chi connectivity index (χ2v) is 5.52. The van der Waals surface area contributed by atoms with E-state index in [1.54, 1.807) is 12.1 Å². The molecule has 0 unspecified atom stereocenters. The van der Waals surface area contributed by atoms with Crippen LogP contribution in [0.25, 0.3) is 6.08 Å². The van der Waals surface area contributed by atoms with Crippen LogP contribution in [0.5, 0.6) is 0 Å². The van der Waals surface area contributed by atoms with Gasteiger partial charge in [-0.1, -0.05) is 17.7 Å². The number of thiophene rings is 1. The number of benzene rings is 1. The molecule has 1 aromatic heterocycles. The van der Waals surface area contributed by atoms with Crippen molar-refractivity contribution in [2.75, 3.05) is 0 Å². The lowest BCUT2D eigenvalue weighted by Crippen LogP contribution is -2.22. The Morgan fingerprint density at radius 3 is 2.62 bits per heavy atom. The van der Waals surface area contributed by atoms with Crippen molar-refractivity contribution < 1.29 is 14.7 Å². The third kappa shape index (κ3) is 4.29. The quantitative estimate of drug-likeness (QED) is 0.834. The van der Waals surface area contributed by atoms with Crippen LogP contribution >= 0.6 is 11.3 Å². The molecule has 0 spiro atoms. The smallest absolute Gasteiger partial charge is 0.328 e. The number of carbonyl (C=O) groups excluding carboxylic acids is 1. The summed E-state index contributed by atoms with van der Waals surface area (Å²) in [6.07, 6.45) is 2.62. The van der Waals surface area contributed by atoms with Crippen molar-refractivity contribution in [1.82, 2.24) is 5.32 Å². The van der Waals surface area contributed by atoms with Crippen molar-refractivity contribution in [2.45, 2.75) is 13.5 Å².